The molecule has 2 rings (SSSR count). The number of aryl methyl sites for hydroxylation is 1. The Bertz CT molecular complexity index is 845. The molecule has 0 saturated carbocycles. The predicted octanol–water partition coefficient (Wildman–Crippen LogP) is 3.15. The van der Waals surface area contributed by atoms with Crippen molar-refractivity contribution in [2.24, 2.45) is 0 Å². The van der Waals surface area contributed by atoms with E-state index in [1.54, 1.807) is 18.3 Å². The number of alkyl halides is 3. The van der Waals surface area contributed by atoms with Gasteiger partial charge < -0.3 is 5.32 Å². The number of hydrogen-bond acceptors (Lipinski definition) is 4. The molecule has 0 unspecified atom stereocenters. The van der Waals surface area contributed by atoms with Crippen LogP contribution in [-0.2, 0) is 10.0 Å². The highest BCUT2D eigenvalue weighted by Crippen LogP contribution is 2.25. The van der Waals surface area contributed by atoms with E-state index < -0.39 is 28.7 Å². The summed E-state index contributed by atoms with van der Waals surface area (Å²) in [7, 11) is -3.93. The number of hydrogen-bond donors (Lipinski definition) is 2. The molecule has 0 aliphatic rings. The van der Waals surface area contributed by atoms with E-state index >= 15 is 0 Å². The summed E-state index contributed by atoms with van der Waals surface area (Å²) in [5, 5.41) is 1.71. The summed E-state index contributed by atoms with van der Waals surface area (Å²) in [6, 6.07) is 8.48. The van der Waals surface area contributed by atoms with Crippen molar-refractivity contribution in [3.8, 4) is 0 Å². The van der Waals surface area contributed by atoms with Gasteiger partial charge in [0.05, 0.1) is 11.3 Å². The summed E-state index contributed by atoms with van der Waals surface area (Å²) in [4.78, 5) is 12.7. The minimum atomic E-state index is -4.56. The molecular formula is C14H13F3N2O3S2. The van der Waals surface area contributed by atoms with Crippen LogP contribution >= 0.6 is 11.3 Å². The average molecular weight is 378 g/mol. The van der Waals surface area contributed by atoms with Gasteiger partial charge >= 0.3 is 6.18 Å². The van der Waals surface area contributed by atoms with Crippen LogP contribution in [0.25, 0.3) is 0 Å². The molecule has 0 fully saturated rings. The van der Waals surface area contributed by atoms with Gasteiger partial charge in [0.15, 0.2) is 0 Å². The first kappa shape index (κ1) is 18.3. The van der Waals surface area contributed by atoms with Crippen molar-refractivity contribution >= 4 is 33.0 Å². The number of rotatable bonds is 5. The second-order valence-corrected chi connectivity index (χ2v) is 8.01. The number of para-hydroxylation sites is 1. The van der Waals surface area contributed by atoms with Crippen molar-refractivity contribution in [1.82, 2.24) is 5.32 Å². The molecule has 0 aliphatic carbocycles. The van der Waals surface area contributed by atoms with Crippen LogP contribution in [0.1, 0.15) is 15.2 Å². The SMILES string of the molecule is Cc1ccc(S(=O)(=O)Nc2ccccc2C(=O)NCC(F)(F)F)s1. The quantitative estimate of drug-likeness (QED) is 0.839. The number of benzene rings is 1. The van der Waals surface area contributed by atoms with Crippen molar-refractivity contribution in [3.05, 3.63) is 46.8 Å². The number of thiophene rings is 1. The molecule has 0 spiro atoms. The Hall–Kier alpha value is -2.07. The number of sulfonamides is 1. The Balaban J connectivity index is 2.24. The van der Waals surface area contributed by atoms with Gasteiger partial charge in [0.2, 0.25) is 0 Å². The van der Waals surface area contributed by atoms with Crippen LogP contribution in [0.2, 0.25) is 0 Å². The smallest absolute Gasteiger partial charge is 0.343 e. The molecule has 2 aromatic rings. The van der Waals surface area contributed by atoms with Crippen molar-refractivity contribution in [2.45, 2.75) is 17.3 Å². The molecule has 0 aliphatic heterocycles. The fraction of sp³-hybridized carbons (Fsp3) is 0.214. The molecule has 1 aromatic heterocycles. The van der Waals surface area contributed by atoms with Gasteiger partial charge in [-0.25, -0.2) is 8.42 Å². The molecule has 0 radical (unpaired) electrons. The van der Waals surface area contributed by atoms with E-state index in [9.17, 15) is 26.4 Å². The fourth-order valence-corrected chi connectivity index (χ4v) is 4.16. The molecule has 10 heteroatoms. The van der Waals surface area contributed by atoms with Crippen LogP contribution in [-0.4, -0.2) is 27.0 Å². The highest BCUT2D eigenvalue weighted by Gasteiger charge is 2.28. The van der Waals surface area contributed by atoms with Gasteiger partial charge in [-0.1, -0.05) is 12.1 Å². The first-order valence-electron chi connectivity index (χ1n) is 6.62. The van der Waals surface area contributed by atoms with E-state index in [2.05, 4.69) is 4.72 Å². The maximum absolute atomic E-state index is 12.3. The van der Waals surface area contributed by atoms with Crippen LogP contribution in [0, 0.1) is 6.92 Å². The van der Waals surface area contributed by atoms with E-state index in [1.807, 2.05) is 0 Å². The summed E-state index contributed by atoms with van der Waals surface area (Å²) < 4.78 is 63.5. The monoisotopic (exact) mass is 378 g/mol. The Morgan fingerprint density at radius 2 is 1.83 bits per heavy atom. The highest BCUT2D eigenvalue weighted by molar-refractivity contribution is 7.94. The maximum atomic E-state index is 12.3. The summed E-state index contributed by atoms with van der Waals surface area (Å²) in [6.07, 6.45) is -4.56. The number of amides is 1. The first-order chi connectivity index (χ1) is 11.1. The number of carbonyl (C=O) groups is 1. The van der Waals surface area contributed by atoms with Crippen LogP contribution in [0.4, 0.5) is 18.9 Å². The number of halogens is 3. The molecule has 24 heavy (non-hydrogen) atoms. The number of carbonyl (C=O) groups excluding carboxylic acids is 1. The molecule has 5 nitrogen and oxygen atoms in total. The lowest BCUT2D eigenvalue weighted by molar-refractivity contribution is -0.123. The van der Waals surface area contributed by atoms with E-state index in [4.69, 9.17) is 0 Å². The number of anilines is 1. The molecular weight excluding hydrogens is 365 g/mol. The predicted molar refractivity (Wildman–Crippen MR) is 84.7 cm³/mol. The largest absolute Gasteiger partial charge is 0.405 e. The highest BCUT2D eigenvalue weighted by atomic mass is 32.2. The Morgan fingerprint density at radius 3 is 2.42 bits per heavy atom. The Labute approximate surface area is 140 Å². The molecule has 1 amide bonds. The van der Waals surface area contributed by atoms with Crippen molar-refractivity contribution < 1.29 is 26.4 Å². The van der Waals surface area contributed by atoms with Gasteiger partial charge in [-0.05, 0) is 31.2 Å². The van der Waals surface area contributed by atoms with E-state index in [-0.39, 0.29) is 15.5 Å². The third kappa shape index (κ3) is 4.71. The third-order valence-electron chi connectivity index (χ3n) is 2.85. The molecule has 1 aromatic carbocycles. The van der Waals surface area contributed by atoms with Crippen LogP contribution < -0.4 is 10.0 Å². The van der Waals surface area contributed by atoms with Crippen LogP contribution in [0.3, 0.4) is 0 Å². The lowest BCUT2D eigenvalue weighted by Gasteiger charge is -2.13. The Kier molecular flexibility index (Phi) is 5.19. The van der Waals surface area contributed by atoms with Crippen molar-refractivity contribution in [2.75, 3.05) is 11.3 Å². The summed E-state index contributed by atoms with van der Waals surface area (Å²) in [6.45, 7) is 0.235. The van der Waals surface area contributed by atoms with Gasteiger partial charge in [0.25, 0.3) is 15.9 Å². The van der Waals surface area contributed by atoms with E-state index in [0.717, 1.165) is 16.2 Å². The second kappa shape index (κ2) is 6.81. The second-order valence-electron chi connectivity index (χ2n) is 4.81. The summed E-state index contributed by atoms with van der Waals surface area (Å²) in [5.41, 5.74) is -0.290. The first-order valence-corrected chi connectivity index (χ1v) is 8.92. The van der Waals surface area contributed by atoms with E-state index in [0.29, 0.717) is 0 Å². The normalized spacial score (nSPS) is 12.0. The van der Waals surface area contributed by atoms with Gasteiger partial charge in [-0.2, -0.15) is 13.2 Å². The minimum absolute atomic E-state index is 0.0468. The van der Waals surface area contributed by atoms with E-state index in [1.165, 1.54) is 30.3 Å². The number of nitrogens with one attached hydrogen (secondary N) is 2. The van der Waals surface area contributed by atoms with Gasteiger partial charge in [-0.3, -0.25) is 9.52 Å². The molecule has 0 bridgehead atoms. The zero-order valence-corrected chi connectivity index (χ0v) is 14.0. The molecule has 0 saturated heterocycles. The maximum Gasteiger partial charge on any atom is 0.405 e. The van der Waals surface area contributed by atoms with Crippen LogP contribution in [0.5, 0.6) is 0 Å². The Morgan fingerprint density at radius 1 is 1.17 bits per heavy atom. The zero-order chi connectivity index (χ0) is 18.0. The lowest BCUT2D eigenvalue weighted by Crippen LogP contribution is -2.34. The zero-order valence-electron chi connectivity index (χ0n) is 12.3. The summed E-state index contributed by atoms with van der Waals surface area (Å²) >= 11 is 1.04. The molecule has 0 atom stereocenters. The average Bonchev–Trinajstić information content (AvgIpc) is 2.92. The molecule has 2 N–H and O–H groups in total. The lowest BCUT2D eigenvalue weighted by atomic mass is 10.1. The minimum Gasteiger partial charge on any atom is -0.343 e. The van der Waals surface area contributed by atoms with Gasteiger partial charge in [0, 0.05) is 4.88 Å². The topological polar surface area (TPSA) is 75.3 Å². The van der Waals surface area contributed by atoms with Crippen LogP contribution in [0.15, 0.2) is 40.6 Å². The van der Waals surface area contributed by atoms with Gasteiger partial charge in [0.1, 0.15) is 10.8 Å². The van der Waals surface area contributed by atoms with Crippen molar-refractivity contribution in [3.63, 3.8) is 0 Å². The standard InChI is InChI=1S/C14H13F3N2O3S2/c1-9-6-7-12(23-9)24(21,22)19-11-5-3-2-4-10(11)13(20)18-8-14(15,16)17/h2-7,19H,8H2,1H3,(H,18,20). The molecule has 1 heterocycles. The van der Waals surface area contributed by atoms with Gasteiger partial charge in [-0.15, -0.1) is 11.3 Å². The fourth-order valence-electron chi connectivity index (χ4n) is 1.80. The molecule has 130 valence electrons. The third-order valence-corrected chi connectivity index (χ3v) is 5.70. The summed E-state index contributed by atoms with van der Waals surface area (Å²) in [5.74, 6) is -1.02. The van der Waals surface area contributed by atoms with Crippen molar-refractivity contribution in [1.29, 1.82) is 0 Å².